The fraction of sp³-hybridized carbons (Fsp3) is 0.583. The van der Waals surface area contributed by atoms with Crippen LogP contribution in [0.2, 0.25) is 0 Å². The quantitative estimate of drug-likeness (QED) is 0.786. The number of ether oxygens (including phenoxy) is 1. The van der Waals surface area contributed by atoms with Crippen LogP contribution < -0.4 is 0 Å². The van der Waals surface area contributed by atoms with Crippen LogP contribution in [0.3, 0.4) is 0 Å². The minimum Gasteiger partial charge on any atom is -0.467 e. The molecule has 0 aliphatic heterocycles. The molecule has 1 N–H and O–H groups in total. The number of rotatable bonds is 5. The van der Waals surface area contributed by atoms with Gasteiger partial charge in [-0.3, -0.25) is 4.90 Å². The number of esters is 1. The lowest BCUT2D eigenvalue weighted by atomic mass is 10.1. The number of aliphatic hydroxyl groups is 1. The van der Waals surface area contributed by atoms with Crippen LogP contribution in [-0.4, -0.2) is 42.3 Å². The number of methoxy groups -OCH3 is 1. The summed E-state index contributed by atoms with van der Waals surface area (Å²) in [5.74, 6) is 0.133. The highest BCUT2D eigenvalue weighted by Gasteiger charge is 2.20. The lowest BCUT2D eigenvalue weighted by Gasteiger charge is -2.24. The summed E-state index contributed by atoms with van der Waals surface area (Å²) in [7, 11) is 3.18. The third kappa shape index (κ3) is 4.20. The molecule has 0 radical (unpaired) electrons. The molecule has 0 saturated carbocycles. The van der Waals surface area contributed by atoms with Gasteiger partial charge in [-0.2, -0.15) is 0 Å². The van der Waals surface area contributed by atoms with Gasteiger partial charge >= 0.3 is 5.97 Å². The Balaban J connectivity index is 2.69. The standard InChI is InChI=1S/C12H19NO4/c1-12(2,15)8-13(3)7-10-9(5-6-17-10)11(14)16-4/h5-6,15H,7-8H2,1-4H3. The van der Waals surface area contributed by atoms with Gasteiger partial charge in [-0.05, 0) is 27.0 Å². The Bertz CT molecular complexity index is 378. The van der Waals surface area contributed by atoms with Gasteiger partial charge in [0.1, 0.15) is 11.3 Å². The highest BCUT2D eigenvalue weighted by molar-refractivity contribution is 5.90. The number of furan rings is 1. The van der Waals surface area contributed by atoms with Crippen LogP contribution in [0.4, 0.5) is 0 Å². The van der Waals surface area contributed by atoms with E-state index in [4.69, 9.17) is 4.42 Å². The van der Waals surface area contributed by atoms with E-state index < -0.39 is 11.6 Å². The molecule has 0 amide bonds. The van der Waals surface area contributed by atoms with Gasteiger partial charge in [0.2, 0.25) is 0 Å². The average Bonchev–Trinajstić information content (AvgIpc) is 2.61. The zero-order valence-electron chi connectivity index (χ0n) is 10.7. The van der Waals surface area contributed by atoms with Crippen molar-refractivity contribution in [1.29, 1.82) is 0 Å². The second kappa shape index (κ2) is 5.33. The molecule has 17 heavy (non-hydrogen) atoms. The Morgan fingerprint density at radius 3 is 2.76 bits per heavy atom. The van der Waals surface area contributed by atoms with Crippen LogP contribution in [0.25, 0.3) is 0 Å². The lowest BCUT2D eigenvalue weighted by Crippen LogP contribution is -2.36. The number of likely N-dealkylation sites (N-methyl/N-ethyl adjacent to an activating group) is 1. The third-order valence-corrected chi connectivity index (χ3v) is 2.22. The van der Waals surface area contributed by atoms with Crippen molar-refractivity contribution in [1.82, 2.24) is 4.90 Å². The van der Waals surface area contributed by atoms with Crippen molar-refractivity contribution in [3.63, 3.8) is 0 Å². The van der Waals surface area contributed by atoms with Crippen molar-refractivity contribution in [2.24, 2.45) is 0 Å². The molecule has 0 aliphatic carbocycles. The predicted octanol–water partition coefficient (Wildman–Crippen LogP) is 1.27. The molecule has 0 fully saturated rings. The molecule has 0 saturated heterocycles. The highest BCUT2D eigenvalue weighted by Crippen LogP contribution is 2.15. The summed E-state index contributed by atoms with van der Waals surface area (Å²) in [4.78, 5) is 13.3. The minimum absolute atomic E-state index is 0.412. The monoisotopic (exact) mass is 241 g/mol. The van der Waals surface area contributed by atoms with Crippen molar-refractivity contribution in [2.45, 2.75) is 26.0 Å². The van der Waals surface area contributed by atoms with Gasteiger partial charge in [-0.1, -0.05) is 0 Å². The van der Waals surface area contributed by atoms with E-state index >= 15 is 0 Å². The van der Waals surface area contributed by atoms with Crippen LogP contribution in [0.5, 0.6) is 0 Å². The summed E-state index contributed by atoms with van der Waals surface area (Å²) in [6.45, 7) is 4.38. The van der Waals surface area contributed by atoms with Crippen LogP contribution in [0.1, 0.15) is 30.0 Å². The molecule has 1 heterocycles. The first-order chi connectivity index (χ1) is 7.83. The fourth-order valence-electron chi connectivity index (χ4n) is 1.72. The molecule has 0 aliphatic rings. The summed E-state index contributed by atoms with van der Waals surface area (Å²) in [6, 6.07) is 1.58. The smallest absolute Gasteiger partial charge is 0.341 e. The number of carbonyl (C=O) groups excluding carboxylic acids is 1. The second-order valence-electron chi connectivity index (χ2n) is 4.73. The molecular weight excluding hydrogens is 222 g/mol. The molecule has 5 nitrogen and oxygen atoms in total. The zero-order chi connectivity index (χ0) is 13.1. The highest BCUT2D eigenvalue weighted by atomic mass is 16.5. The molecule has 0 aromatic carbocycles. The van der Waals surface area contributed by atoms with Gasteiger partial charge in [0, 0.05) is 6.54 Å². The SMILES string of the molecule is COC(=O)c1ccoc1CN(C)CC(C)(C)O. The molecule has 0 unspecified atom stereocenters. The van der Waals surface area contributed by atoms with Crippen molar-refractivity contribution in [3.8, 4) is 0 Å². The summed E-state index contributed by atoms with van der Waals surface area (Å²) >= 11 is 0. The molecule has 96 valence electrons. The minimum atomic E-state index is -0.785. The fourth-order valence-corrected chi connectivity index (χ4v) is 1.72. The summed E-state index contributed by atoms with van der Waals surface area (Å²) in [5.41, 5.74) is -0.359. The summed E-state index contributed by atoms with van der Waals surface area (Å²) < 4.78 is 9.90. The van der Waals surface area contributed by atoms with Gasteiger partial charge < -0.3 is 14.3 Å². The van der Waals surface area contributed by atoms with Crippen molar-refractivity contribution in [3.05, 3.63) is 23.7 Å². The Labute approximate surface area is 101 Å². The first-order valence-electron chi connectivity index (χ1n) is 5.39. The molecule has 1 rings (SSSR count). The van der Waals surface area contributed by atoms with Crippen LogP contribution in [0, 0.1) is 0 Å². The van der Waals surface area contributed by atoms with Crippen LogP contribution >= 0.6 is 0 Å². The van der Waals surface area contributed by atoms with Gasteiger partial charge in [-0.15, -0.1) is 0 Å². The maximum Gasteiger partial charge on any atom is 0.341 e. The van der Waals surface area contributed by atoms with E-state index in [-0.39, 0.29) is 0 Å². The van der Waals surface area contributed by atoms with E-state index in [1.807, 2.05) is 11.9 Å². The zero-order valence-corrected chi connectivity index (χ0v) is 10.7. The first-order valence-corrected chi connectivity index (χ1v) is 5.39. The number of nitrogens with zero attached hydrogens (tertiary/aromatic N) is 1. The van der Waals surface area contributed by atoms with E-state index in [2.05, 4.69) is 4.74 Å². The van der Waals surface area contributed by atoms with E-state index in [9.17, 15) is 9.90 Å². The molecule has 0 bridgehead atoms. The Morgan fingerprint density at radius 2 is 2.24 bits per heavy atom. The number of carbonyl (C=O) groups is 1. The molecular formula is C12H19NO4. The molecule has 0 atom stereocenters. The largest absolute Gasteiger partial charge is 0.467 e. The summed E-state index contributed by atoms with van der Waals surface area (Å²) in [6.07, 6.45) is 1.46. The van der Waals surface area contributed by atoms with E-state index in [0.717, 1.165) is 0 Å². The normalized spacial score (nSPS) is 11.9. The molecule has 5 heteroatoms. The maximum absolute atomic E-state index is 11.4. The van der Waals surface area contributed by atoms with Crippen molar-refractivity contribution < 1.29 is 19.1 Å². The van der Waals surface area contributed by atoms with Crippen LogP contribution in [0.15, 0.2) is 16.7 Å². The Morgan fingerprint density at radius 1 is 1.59 bits per heavy atom. The maximum atomic E-state index is 11.4. The molecule has 1 aromatic rings. The predicted molar refractivity (Wildman–Crippen MR) is 62.7 cm³/mol. The van der Waals surface area contributed by atoms with Gasteiger partial charge in [-0.25, -0.2) is 4.79 Å². The Hall–Kier alpha value is -1.33. The average molecular weight is 241 g/mol. The van der Waals surface area contributed by atoms with E-state index in [1.165, 1.54) is 13.4 Å². The lowest BCUT2D eigenvalue weighted by molar-refractivity contribution is 0.0404. The van der Waals surface area contributed by atoms with Crippen molar-refractivity contribution in [2.75, 3.05) is 20.7 Å². The summed E-state index contributed by atoms with van der Waals surface area (Å²) in [5, 5.41) is 9.68. The van der Waals surface area contributed by atoms with Gasteiger partial charge in [0.05, 0.1) is 25.5 Å². The third-order valence-electron chi connectivity index (χ3n) is 2.22. The molecule has 1 aromatic heterocycles. The second-order valence-corrected chi connectivity index (χ2v) is 4.73. The number of hydrogen-bond acceptors (Lipinski definition) is 5. The number of hydrogen-bond donors (Lipinski definition) is 1. The van der Waals surface area contributed by atoms with Gasteiger partial charge in [0.25, 0.3) is 0 Å². The topological polar surface area (TPSA) is 62.9 Å². The van der Waals surface area contributed by atoms with Crippen molar-refractivity contribution >= 4 is 5.97 Å². The van der Waals surface area contributed by atoms with E-state index in [0.29, 0.717) is 24.4 Å². The van der Waals surface area contributed by atoms with E-state index in [1.54, 1.807) is 19.9 Å². The van der Waals surface area contributed by atoms with Crippen LogP contribution in [-0.2, 0) is 11.3 Å². The molecule has 0 spiro atoms. The first kappa shape index (κ1) is 13.7. The van der Waals surface area contributed by atoms with Gasteiger partial charge in [0.15, 0.2) is 0 Å². The Kier molecular flexibility index (Phi) is 4.31.